The fourth-order valence-electron chi connectivity index (χ4n) is 1.53. The fraction of sp³-hybridized carbons (Fsp3) is 0.400. The van der Waals surface area contributed by atoms with E-state index in [4.69, 9.17) is 10.5 Å². The van der Waals surface area contributed by atoms with Crippen molar-refractivity contribution in [3.8, 4) is 0 Å². The largest absolute Gasteiger partial charge is 0.404 e. The maximum Gasteiger partial charge on any atom is 0.0966 e. The van der Waals surface area contributed by atoms with Crippen LogP contribution < -0.4 is 5.73 Å². The first kappa shape index (κ1) is 14.5. The number of rotatable bonds is 3. The SMILES string of the molecule is CC.Cc1cccc(/C(C=NC2COC2)=C/N)c1. The third-order valence-corrected chi connectivity index (χ3v) is 2.58. The Morgan fingerprint density at radius 2 is 2.11 bits per heavy atom. The molecule has 0 saturated carbocycles. The Kier molecular flexibility index (Phi) is 6.15. The molecule has 18 heavy (non-hydrogen) atoms. The van der Waals surface area contributed by atoms with Crippen LogP contribution in [-0.2, 0) is 4.74 Å². The van der Waals surface area contributed by atoms with E-state index in [1.807, 2.05) is 32.2 Å². The van der Waals surface area contributed by atoms with E-state index in [1.165, 1.54) is 5.56 Å². The van der Waals surface area contributed by atoms with Gasteiger partial charge in [-0.05, 0) is 12.5 Å². The first-order chi connectivity index (χ1) is 8.79. The Labute approximate surface area is 109 Å². The summed E-state index contributed by atoms with van der Waals surface area (Å²) in [7, 11) is 0. The van der Waals surface area contributed by atoms with Gasteiger partial charge in [-0.15, -0.1) is 0 Å². The Balaban J connectivity index is 0.000000771. The minimum atomic E-state index is 0.305. The summed E-state index contributed by atoms with van der Waals surface area (Å²) in [6.45, 7) is 7.51. The number of nitrogens with two attached hydrogens (primary N) is 1. The van der Waals surface area contributed by atoms with Crippen LogP contribution >= 0.6 is 0 Å². The highest BCUT2D eigenvalue weighted by Crippen LogP contribution is 2.14. The monoisotopic (exact) mass is 246 g/mol. The molecule has 0 bridgehead atoms. The van der Waals surface area contributed by atoms with Gasteiger partial charge in [0.25, 0.3) is 0 Å². The fourth-order valence-corrected chi connectivity index (χ4v) is 1.53. The number of hydrogen-bond donors (Lipinski definition) is 1. The van der Waals surface area contributed by atoms with E-state index >= 15 is 0 Å². The molecule has 1 aliphatic heterocycles. The maximum atomic E-state index is 5.62. The van der Waals surface area contributed by atoms with Crippen LogP contribution in [0.4, 0.5) is 0 Å². The molecule has 0 aromatic heterocycles. The van der Waals surface area contributed by atoms with Crippen LogP contribution in [0.25, 0.3) is 5.57 Å². The number of ether oxygens (including phenoxy) is 1. The van der Waals surface area contributed by atoms with Crippen molar-refractivity contribution in [3.05, 3.63) is 41.6 Å². The summed E-state index contributed by atoms with van der Waals surface area (Å²) in [5.74, 6) is 0. The second-order valence-electron chi connectivity index (χ2n) is 3.96. The number of allylic oxidation sites excluding steroid dienone is 1. The van der Waals surface area contributed by atoms with Crippen molar-refractivity contribution in [2.45, 2.75) is 26.8 Å². The summed E-state index contributed by atoms with van der Waals surface area (Å²) in [6, 6.07) is 8.53. The minimum Gasteiger partial charge on any atom is -0.404 e. The van der Waals surface area contributed by atoms with E-state index in [0.29, 0.717) is 6.04 Å². The molecule has 1 aliphatic rings. The highest BCUT2D eigenvalue weighted by atomic mass is 16.5. The Morgan fingerprint density at radius 1 is 1.39 bits per heavy atom. The van der Waals surface area contributed by atoms with Gasteiger partial charge in [0, 0.05) is 18.0 Å². The molecular weight excluding hydrogens is 224 g/mol. The molecule has 98 valence electrons. The van der Waals surface area contributed by atoms with Gasteiger partial charge >= 0.3 is 0 Å². The minimum absolute atomic E-state index is 0.305. The molecule has 3 heteroatoms. The summed E-state index contributed by atoms with van der Waals surface area (Å²) in [6.07, 6.45) is 3.43. The molecule has 0 spiro atoms. The number of benzene rings is 1. The third-order valence-electron chi connectivity index (χ3n) is 2.58. The molecule has 0 amide bonds. The van der Waals surface area contributed by atoms with Crippen molar-refractivity contribution in [1.29, 1.82) is 0 Å². The highest BCUT2D eigenvalue weighted by molar-refractivity contribution is 6.09. The molecule has 0 radical (unpaired) electrons. The van der Waals surface area contributed by atoms with Gasteiger partial charge in [-0.1, -0.05) is 43.7 Å². The van der Waals surface area contributed by atoms with Gasteiger partial charge in [0.1, 0.15) is 0 Å². The van der Waals surface area contributed by atoms with Gasteiger partial charge in [-0.25, -0.2) is 0 Å². The van der Waals surface area contributed by atoms with E-state index in [-0.39, 0.29) is 0 Å². The first-order valence-corrected chi connectivity index (χ1v) is 6.39. The van der Waals surface area contributed by atoms with E-state index in [9.17, 15) is 0 Å². The van der Waals surface area contributed by atoms with E-state index in [1.54, 1.807) is 6.20 Å². The van der Waals surface area contributed by atoms with Crippen molar-refractivity contribution >= 4 is 11.8 Å². The molecule has 2 N–H and O–H groups in total. The lowest BCUT2D eigenvalue weighted by atomic mass is 10.1. The van der Waals surface area contributed by atoms with E-state index in [2.05, 4.69) is 24.0 Å². The van der Waals surface area contributed by atoms with Gasteiger partial charge in [0.15, 0.2) is 0 Å². The average Bonchev–Trinajstić information content (AvgIpc) is 2.35. The Hall–Kier alpha value is -1.61. The lowest BCUT2D eigenvalue weighted by molar-refractivity contribution is 0.0136. The van der Waals surface area contributed by atoms with Crippen molar-refractivity contribution in [1.82, 2.24) is 0 Å². The van der Waals surface area contributed by atoms with Crippen LogP contribution in [0.5, 0.6) is 0 Å². The number of aryl methyl sites for hydroxylation is 1. The second-order valence-corrected chi connectivity index (χ2v) is 3.96. The van der Waals surface area contributed by atoms with Crippen LogP contribution in [0.2, 0.25) is 0 Å². The van der Waals surface area contributed by atoms with Crippen molar-refractivity contribution < 1.29 is 4.74 Å². The third kappa shape index (κ3) is 4.00. The Morgan fingerprint density at radius 3 is 2.61 bits per heavy atom. The van der Waals surface area contributed by atoms with Crippen LogP contribution in [0.3, 0.4) is 0 Å². The lowest BCUT2D eigenvalue weighted by Gasteiger charge is -2.21. The molecule has 1 saturated heterocycles. The van der Waals surface area contributed by atoms with Crippen molar-refractivity contribution in [2.24, 2.45) is 10.7 Å². The molecule has 3 nitrogen and oxygen atoms in total. The van der Waals surface area contributed by atoms with Crippen LogP contribution in [0.15, 0.2) is 35.5 Å². The summed E-state index contributed by atoms with van der Waals surface area (Å²) < 4.78 is 5.06. The average molecular weight is 246 g/mol. The molecule has 1 fully saturated rings. The predicted octanol–water partition coefficient (Wildman–Crippen LogP) is 2.79. The van der Waals surface area contributed by atoms with Crippen molar-refractivity contribution in [3.63, 3.8) is 0 Å². The molecular formula is C15H22N2O. The normalized spacial score (nSPS) is 16.1. The summed E-state index contributed by atoms with van der Waals surface area (Å²) in [5.41, 5.74) is 8.89. The van der Waals surface area contributed by atoms with Crippen LogP contribution in [0, 0.1) is 6.92 Å². The Bertz CT molecular complexity index is 420. The summed E-state index contributed by atoms with van der Waals surface area (Å²) in [5, 5.41) is 0. The van der Waals surface area contributed by atoms with E-state index < -0.39 is 0 Å². The van der Waals surface area contributed by atoms with Crippen molar-refractivity contribution in [2.75, 3.05) is 13.2 Å². The van der Waals surface area contributed by atoms with Crippen LogP contribution in [-0.4, -0.2) is 25.5 Å². The lowest BCUT2D eigenvalue weighted by Crippen LogP contribution is -2.31. The zero-order chi connectivity index (χ0) is 13.4. The van der Waals surface area contributed by atoms with Gasteiger partial charge < -0.3 is 10.5 Å². The smallest absolute Gasteiger partial charge is 0.0966 e. The second kappa shape index (κ2) is 7.67. The number of hydrogen-bond acceptors (Lipinski definition) is 3. The molecule has 0 atom stereocenters. The quantitative estimate of drug-likeness (QED) is 0.834. The molecule has 1 aromatic carbocycles. The summed E-state index contributed by atoms with van der Waals surface area (Å²) >= 11 is 0. The van der Waals surface area contributed by atoms with Gasteiger partial charge in [-0.2, -0.15) is 0 Å². The molecule has 0 aliphatic carbocycles. The van der Waals surface area contributed by atoms with Gasteiger partial charge in [-0.3, -0.25) is 4.99 Å². The zero-order valence-electron chi connectivity index (χ0n) is 11.4. The van der Waals surface area contributed by atoms with E-state index in [0.717, 1.165) is 24.4 Å². The molecule has 0 unspecified atom stereocenters. The molecule has 1 heterocycles. The molecule has 1 aromatic rings. The summed E-state index contributed by atoms with van der Waals surface area (Å²) in [4.78, 5) is 4.41. The number of aliphatic imine (C=N–C) groups is 1. The standard InChI is InChI=1S/C13H16N2O.C2H6/c1-10-3-2-4-11(5-10)12(6-14)7-15-13-8-16-9-13;1-2/h2-7,13H,8-9,14H2,1H3;1-2H3/b12-6+,15-7?;. The topological polar surface area (TPSA) is 47.6 Å². The highest BCUT2D eigenvalue weighted by Gasteiger charge is 2.15. The predicted molar refractivity (Wildman–Crippen MR) is 77.8 cm³/mol. The van der Waals surface area contributed by atoms with Crippen LogP contribution in [0.1, 0.15) is 25.0 Å². The number of nitrogens with zero attached hydrogens (tertiary/aromatic N) is 1. The van der Waals surface area contributed by atoms with Gasteiger partial charge in [0.05, 0.1) is 19.3 Å². The van der Waals surface area contributed by atoms with Gasteiger partial charge in [0.2, 0.25) is 0 Å². The maximum absolute atomic E-state index is 5.62. The first-order valence-electron chi connectivity index (χ1n) is 6.39. The zero-order valence-corrected chi connectivity index (χ0v) is 11.4. The molecule has 2 rings (SSSR count).